The monoisotopic (exact) mass is 440 g/mol. The van der Waals surface area contributed by atoms with Crippen molar-refractivity contribution in [3.63, 3.8) is 0 Å². The molecule has 0 spiro atoms. The number of hydrogen-bond acceptors (Lipinski definition) is 4. The van der Waals surface area contributed by atoms with E-state index in [1.807, 2.05) is 7.05 Å². The van der Waals surface area contributed by atoms with Crippen molar-refractivity contribution in [1.29, 1.82) is 0 Å². The van der Waals surface area contributed by atoms with Gasteiger partial charge < -0.3 is 20.1 Å². The fourth-order valence-corrected chi connectivity index (χ4v) is 3.28. The highest BCUT2D eigenvalue weighted by Gasteiger charge is 2.48. The van der Waals surface area contributed by atoms with E-state index in [1.165, 1.54) is 0 Å². The van der Waals surface area contributed by atoms with E-state index in [2.05, 4.69) is 41.3 Å². The summed E-state index contributed by atoms with van der Waals surface area (Å²) in [6.07, 6.45) is 1.36. The number of hydrogen-bond donors (Lipinski definition) is 2. The summed E-state index contributed by atoms with van der Waals surface area (Å²) in [6.45, 7) is 11.3. The number of ether oxygens (including phenoxy) is 2. The molecule has 0 bridgehead atoms. The lowest BCUT2D eigenvalue weighted by Gasteiger charge is -2.51. The van der Waals surface area contributed by atoms with Gasteiger partial charge in [-0.25, -0.2) is 0 Å². The van der Waals surface area contributed by atoms with Gasteiger partial charge in [0, 0.05) is 51.3 Å². The Morgan fingerprint density at radius 3 is 2.57 bits per heavy atom. The molecule has 0 aromatic rings. The number of morpholine rings is 1. The Hall–Kier alpha value is -0.120. The van der Waals surface area contributed by atoms with Crippen LogP contribution in [0.2, 0.25) is 0 Å². The minimum atomic E-state index is 0. The lowest BCUT2D eigenvalue weighted by molar-refractivity contribution is -0.0922. The Labute approximate surface area is 157 Å². The smallest absolute Gasteiger partial charge is 0.191 e. The van der Waals surface area contributed by atoms with Gasteiger partial charge in [0.25, 0.3) is 0 Å². The van der Waals surface area contributed by atoms with Crippen LogP contribution in [-0.4, -0.2) is 76.1 Å². The molecule has 2 fully saturated rings. The first-order valence-corrected chi connectivity index (χ1v) is 8.30. The Balaban J connectivity index is 0.00000264. The third-order valence-corrected chi connectivity index (χ3v) is 5.23. The van der Waals surface area contributed by atoms with E-state index >= 15 is 0 Å². The maximum absolute atomic E-state index is 5.51. The maximum atomic E-state index is 5.51. The Kier molecular flexibility index (Phi) is 8.54. The van der Waals surface area contributed by atoms with E-state index in [1.54, 1.807) is 7.11 Å². The van der Waals surface area contributed by atoms with E-state index in [0.29, 0.717) is 18.2 Å². The molecule has 0 radical (unpaired) electrons. The lowest BCUT2D eigenvalue weighted by atomic mass is 9.64. The van der Waals surface area contributed by atoms with E-state index in [-0.39, 0.29) is 29.4 Å². The molecule has 0 amide bonds. The average Bonchev–Trinajstić information content (AvgIpc) is 2.54. The van der Waals surface area contributed by atoms with Gasteiger partial charge in [-0.3, -0.25) is 9.89 Å². The van der Waals surface area contributed by atoms with Crippen molar-refractivity contribution in [2.45, 2.75) is 45.4 Å². The van der Waals surface area contributed by atoms with Gasteiger partial charge in [-0.2, -0.15) is 0 Å². The maximum Gasteiger partial charge on any atom is 0.191 e. The molecule has 1 saturated carbocycles. The van der Waals surface area contributed by atoms with E-state index in [0.717, 1.165) is 45.2 Å². The van der Waals surface area contributed by atoms with Gasteiger partial charge in [-0.05, 0) is 13.3 Å². The van der Waals surface area contributed by atoms with Crippen LogP contribution in [0.15, 0.2) is 4.99 Å². The zero-order valence-electron chi connectivity index (χ0n) is 15.1. The fraction of sp³-hybridized carbons (Fsp3) is 0.938. The normalized spacial score (nSPS) is 29.2. The first-order valence-electron chi connectivity index (χ1n) is 8.30. The van der Waals surface area contributed by atoms with Gasteiger partial charge >= 0.3 is 0 Å². The molecule has 1 heterocycles. The summed E-state index contributed by atoms with van der Waals surface area (Å²) in [5.41, 5.74) is 0.141. The van der Waals surface area contributed by atoms with Gasteiger partial charge in [-0.1, -0.05) is 13.8 Å². The van der Waals surface area contributed by atoms with Crippen LogP contribution in [0.3, 0.4) is 0 Å². The quantitative estimate of drug-likeness (QED) is 0.384. The molecule has 1 aliphatic heterocycles. The van der Waals surface area contributed by atoms with Gasteiger partial charge in [0.15, 0.2) is 5.96 Å². The first-order chi connectivity index (χ1) is 10.5. The summed E-state index contributed by atoms with van der Waals surface area (Å²) >= 11 is 0. The SMILES string of the molecule is CN=C(NCC(C)N1CCOCC1)NC1CC(OC)C1(C)C.I. The van der Waals surface area contributed by atoms with Gasteiger partial charge in [-0.15, -0.1) is 24.0 Å². The summed E-state index contributed by atoms with van der Waals surface area (Å²) < 4.78 is 10.9. The van der Waals surface area contributed by atoms with Crippen LogP contribution in [0, 0.1) is 5.41 Å². The zero-order chi connectivity index (χ0) is 16.2. The van der Waals surface area contributed by atoms with E-state index < -0.39 is 0 Å². The molecular formula is C16H33IN4O2. The van der Waals surface area contributed by atoms with Crippen LogP contribution in [0.4, 0.5) is 0 Å². The predicted octanol–water partition coefficient (Wildman–Crippen LogP) is 1.30. The first kappa shape index (κ1) is 20.9. The molecule has 0 aromatic carbocycles. The molecule has 3 unspecified atom stereocenters. The number of guanidine groups is 1. The van der Waals surface area contributed by atoms with Crippen molar-refractivity contribution in [2.24, 2.45) is 10.4 Å². The van der Waals surface area contributed by atoms with E-state index in [4.69, 9.17) is 9.47 Å². The highest BCUT2D eigenvalue weighted by molar-refractivity contribution is 14.0. The second kappa shape index (κ2) is 9.39. The van der Waals surface area contributed by atoms with Crippen LogP contribution in [0.25, 0.3) is 0 Å². The molecule has 23 heavy (non-hydrogen) atoms. The number of aliphatic imine (C=N–C) groups is 1. The number of rotatable bonds is 5. The second-order valence-corrected chi connectivity index (χ2v) is 6.93. The van der Waals surface area contributed by atoms with Crippen molar-refractivity contribution in [1.82, 2.24) is 15.5 Å². The molecule has 136 valence electrons. The molecular weight excluding hydrogens is 407 g/mol. The van der Waals surface area contributed by atoms with Crippen LogP contribution in [0.1, 0.15) is 27.2 Å². The van der Waals surface area contributed by atoms with Crippen molar-refractivity contribution >= 4 is 29.9 Å². The zero-order valence-corrected chi connectivity index (χ0v) is 17.4. The second-order valence-electron chi connectivity index (χ2n) is 6.93. The van der Waals surface area contributed by atoms with Crippen LogP contribution in [-0.2, 0) is 9.47 Å². The Bertz CT molecular complexity index is 386. The Morgan fingerprint density at radius 2 is 2.04 bits per heavy atom. The standard InChI is InChI=1S/C16H32N4O2.HI/c1-12(20-6-8-22-9-7-20)11-18-15(17-4)19-13-10-14(21-5)16(13,2)3;/h12-14H,6-11H2,1-5H3,(H2,17,18,19);1H. The van der Waals surface area contributed by atoms with Crippen molar-refractivity contribution in [2.75, 3.05) is 47.0 Å². The molecule has 2 rings (SSSR count). The van der Waals surface area contributed by atoms with E-state index in [9.17, 15) is 0 Å². The summed E-state index contributed by atoms with van der Waals surface area (Å²) in [4.78, 5) is 6.81. The Morgan fingerprint density at radius 1 is 1.39 bits per heavy atom. The summed E-state index contributed by atoms with van der Waals surface area (Å²) in [5.74, 6) is 0.882. The minimum absolute atomic E-state index is 0. The molecule has 1 aliphatic carbocycles. The number of halogens is 1. The molecule has 7 heteroatoms. The van der Waals surface area contributed by atoms with Crippen LogP contribution in [0.5, 0.6) is 0 Å². The van der Waals surface area contributed by atoms with Crippen molar-refractivity contribution < 1.29 is 9.47 Å². The van der Waals surface area contributed by atoms with Crippen molar-refractivity contribution in [3.8, 4) is 0 Å². The molecule has 6 nitrogen and oxygen atoms in total. The molecule has 0 aromatic heterocycles. The van der Waals surface area contributed by atoms with Crippen molar-refractivity contribution in [3.05, 3.63) is 0 Å². The van der Waals surface area contributed by atoms with Crippen LogP contribution < -0.4 is 10.6 Å². The van der Waals surface area contributed by atoms with Gasteiger partial charge in [0.1, 0.15) is 0 Å². The molecule has 3 atom stereocenters. The topological polar surface area (TPSA) is 58.1 Å². The molecule has 2 N–H and O–H groups in total. The summed E-state index contributed by atoms with van der Waals surface area (Å²) in [5, 5.41) is 6.98. The molecule has 1 saturated heterocycles. The minimum Gasteiger partial charge on any atom is -0.381 e. The fourth-order valence-electron chi connectivity index (χ4n) is 3.28. The van der Waals surface area contributed by atoms with Crippen LogP contribution >= 0.6 is 24.0 Å². The largest absolute Gasteiger partial charge is 0.381 e. The number of methoxy groups -OCH3 is 1. The highest BCUT2D eigenvalue weighted by Crippen LogP contribution is 2.42. The predicted molar refractivity (Wildman–Crippen MR) is 105 cm³/mol. The third-order valence-electron chi connectivity index (χ3n) is 5.23. The summed E-state index contributed by atoms with van der Waals surface area (Å²) in [6, 6.07) is 0.880. The lowest BCUT2D eigenvalue weighted by Crippen LogP contribution is -2.63. The summed E-state index contributed by atoms with van der Waals surface area (Å²) in [7, 11) is 3.62. The average molecular weight is 440 g/mol. The third kappa shape index (κ3) is 5.17. The highest BCUT2D eigenvalue weighted by atomic mass is 127. The molecule has 2 aliphatic rings. The number of nitrogens with zero attached hydrogens (tertiary/aromatic N) is 2. The van der Waals surface area contributed by atoms with Gasteiger partial charge in [0.2, 0.25) is 0 Å². The number of nitrogens with one attached hydrogen (secondary N) is 2. The van der Waals surface area contributed by atoms with Gasteiger partial charge in [0.05, 0.1) is 19.3 Å².